The van der Waals surface area contributed by atoms with Crippen molar-refractivity contribution in [2.24, 2.45) is 0 Å². The van der Waals surface area contributed by atoms with Gasteiger partial charge >= 0.3 is 0 Å². The largest absolute Gasteiger partial charge is 0.317 e. The van der Waals surface area contributed by atoms with E-state index in [0.29, 0.717) is 11.2 Å². The van der Waals surface area contributed by atoms with E-state index in [0.717, 1.165) is 66.3 Å². The molecule has 0 bridgehead atoms. The Morgan fingerprint density at radius 2 is 2.10 bits per heavy atom. The van der Waals surface area contributed by atoms with Gasteiger partial charge < -0.3 is 10.6 Å². The lowest BCUT2D eigenvalue weighted by Gasteiger charge is -2.25. The number of carbonyl (C=O) groups excluding carboxylic acids is 1. The lowest BCUT2D eigenvalue weighted by Crippen LogP contribution is -2.30. The molecule has 7 nitrogen and oxygen atoms in total. The number of rotatable bonds is 3. The van der Waals surface area contributed by atoms with Gasteiger partial charge in [-0.05, 0) is 57.8 Å². The van der Waals surface area contributed by atoms with Crippen LogP contribution in [-0.4, -0.2) is 38.7 Å². The molecule has 2 aliphatic rings. The van der Waals surface area contributed by atoms with Crippen LogP contribution in [0.2, 0.25) is 0 Å². The molecule has 0 spiro atoms. The maximum Gasteiger partial charge on any atom is 0.223 e. The van der Waals surface area contributed by atoms with Gasteiger partial charge in [-0.2, -0.15) is 5.10 Å². The highest BCUT2D eigenvalue weighted by Crippen LogP contribution is 2.44. The molecule has 1 amide bonds. The molecule has 1 saturated heterocycles. The predicted molar refractivity (Wildman–Crippen MR) is 114 cm³/mol. The molecule has 150 valence electrons. The summed E-state index contributed by atoms with van der Waals surface area (Å²) < 4.78 is 2.24. The van der Waals surface area contributed by atoms with Crippen LogP contribution in [0.5, 0.6) is 0 Å². The minimum atomic E-state index is -0.0883. The molecule has 2 N–H and O–H groups in total. The molecule has 3 aromatic rings. The summed E-state index contributed by atoms with van der Waals surface area (Å²) in [5.74, 6) is -0.0883. The predicted octanol–water partition coefficient (Wildman–Crippen LogP) is 3.36. The van der Waals surface area contributed by atoms with Gasteiger partial charge in [-0.1, -0.05) is 11.3 Å². The van der Waals surface area contributed by atoms with E-state index in [4.69, 9.17) is 10.1 Å². The number of amides is 1. The molecule has 3 aromatic heterocycles. The van der Waals surface area contributed by atoms with Crippen molar-refractivity contribution in [3.8, 4) is 21.8 Å². The quantitative estimate of drug-likeness (QED) is 0.694. The van der Waals surface area contributed by atoms with Crippen LogP contribution in [-0.2, 0) is 17.6 Å². The van der Waals surface area contributed by atoms with Crippen LogP contribution in [0.15, 0.2) is 18.3 Å². The number of piperidine rings is 1. The zero-order valence-corrected chi connectivity index (χ0v) is 17.5. The minimum absolute atomic E-state index is 0.0883. The van der Waals surface area contributed by atoms with Crippen molar-refractivity contribution in [3.05, 3.63) is 35.3 Å². The van der Waals surface area contributed by atoms with E-state index in [2.05, 4.69) is 26.4 Å². The van der Waals surface area contributed by atoms with E-state index in [-0.39, 0.29) is 5.91 Å². The second kappa shape index (κ2) is 7.35. The van der Waals surface area contributed by atoms with E-state index < -0.39 is 0 Å². The molecule has 0 aromatic carbocycles. The minimum Gasteiger partial charge on any atom is -0.317 e. The Hall–Kier alpha value is -2.58. The summed E-state index contributed by atoms with van der Waals surface area (Å²) in [5.41, 5.74) is 6.63. The molecule has 29 heavy (non-hydrogen) atoms. The average Bonchev–Trinajstić information content (AvgIpc) is 3.29. The number of fused-ring (bicyclic) bond motifs is 3. The Bertz CT molecular complexity index is 1060. The summed E-state index contributed by atoms with van der Waals surface area (Å²) in [7, 11) is 0. The molecule has 0 saturated carbocycles. The summed E-state index contributed by atoms with van der Waals surface area (Å²) in [4.78, 5) is 21.9. The number of nitrogens with zero attached hydrogens (tertiary/aromatic N) is 4. The maximum atomic E-state index is 11.5. The third kappa shape index (κ3) is 3.36. The lowest BCUT2D eigenvalue weighted by molar-refractivity contribution is -0.114. The maximum absolute atomic E-state index is 11.5. The Morgan fingerprint density at radius 1 is 1.28 bits per heavy atom. The smallest absolute Gasteiger partial charge is 0.223 e. The van der Waals surface area contributed by atoms with Crippen molar-refractivity contribution >= 4 is 22.4 Å². The van der Waals surface area contributed by atoms with Gasteiger partial charge in [0.1, 0.15) is 0 Å². The topological polar surface area (TPSA) is 84.7 Å². The Labute approximate surface area is 173 Å². The number of nitrogens with one attached hydrogen (secondary N) is 2. The van der Waals surface area contributed by atoms with Gasteiger partial charge in [0.15, 0.2) is 5.13 Å². The van der Waals surface area contributed by atoms with Gasteiger partial charge in [0.2, 0.25) is 5.91 Å². The first-order chi connectivity index (χ1) is 14.1. The SMILES string of the molecule is CC(=O)Nc1nc2c(s1)-c1c(c(-c3ccc(C)nc3)nn1C1CCNCC1)CC2. The molecule has 1 fully saturated rings. The van der Waals surface area contributed by atoms with Crippen molar-refractivity contribution in [2.75, 3.05) is 18.4 Å². The highest BCUT2D eigenvalue weighted by atomic mass is 32.1. The van der Waals surface area contributed by atoms with Crippen LogP contribution in [0.25, 0.3) is 21.8 Å². The fourth-order valence-corrected chi connectivity index (χ4v) is 5.38. The van der Waals surface area contributed by atoms with E-state index in [1.165, 1.54) is 18.2 Å². The molecule has 4 heterocycles. The van der Waals surface area contributed by atoms with Crippen LogP contribution in [0.4, 0.5) is 5.13 Å². The van der Waals surface area contributed by atoms with Crippen molar-refractivity contribution in [2.45, 2.75) is 45.6 Å². The number of pyridine rings is 1. The van der Waals surface area contributed by atoms with E-state index in [1.807, 2.05) is 19.2 Å². The summed E-state index contributed by atoms with van der Waals surface area (Å²) in [6.45, 7) is 5.54. The zero-order valence-electron chi connectivity index (χ0n) is 16.7. The fraction of sp³-hybridized carbons (Fsp3) is 0.429. The third-order valence-electron chi connectivity index (χ3n) is 5.66. The molecule has 0 atom stereocenters. The van der Waals surface area contributed by atoms with Gasteiger partial charge in [-0.25, -0.2) is 4.98 Å². The van der Waals surface area contributed by atoms with Crippen LogP contribution < -0.4 is 10.6 Å². The molecule has 1 aliphatic heterocycles. The molecular formula is C21H24N6OS. The fourth-order valence-electron chi connectivity index (χ4n) is 4.26. The van der Waals surface area contributed by atoms with Crippen LogP contribution in [0.3, 0.4) is 0 Å². The number of thiazole rings is 1. The normalized spacial score (nSPS) is 16.3. The second-order valence-corrected chi connectivity index (χ2v) is 8.76. The van der Waals surface area contributed by atoms with Gasteiger partial charge in [0.05, 0.1) is 28.0 Å². The van der Waals surface area contributed by atoms with E-state index >= 15 is 0 Å². The van der Waals surface area contributed by atoms with Crippen molar-refractivity contribution in [1.29, 1.82) is 0 Å². The van der Waals surface area contributed by atoms with Crippen molar-refractivity contribution in [3.63, 3.8) is 0 Å². The monoisotopic (exact) mass is 408 g/mol. The van der Waals surface area contributed by atoms with Gasteiger partial charge in [0, 0.05) is 29.9 Å². The number of anilines is 1. The van der Waals surface area contributed by atoms with E-state index in [1.54, 1.807) is 11.3 Å². The van der Waals surface area contributed by atoms with Crippen LogP contribution >= 0.6 is 11.3 Å². The average molecular weight is 409 g/mol. The Morgan fingerprint density at radius 3 is 2.83 bits per heavy atom. The summed E-state index contributed by atoms with van der Waals surface area (Å²) in [6, 6.07) is 4.53. The Balaban J connectivity index is 1.66. The zero-order chi connectivity index (χ0) is 20.0. The first-order valence-electron chi connectivity index (χ1n) is 10.1. The van der Waals surface area contributed by atoms with Crippen molar-refractivity contribution < 1.29 is 4.79 Å². The molecular weight excluding hydrogens is 384 g/mol. The highest BCUT2D eigenvalue weighted by Gasteiger charge is 2.32. The van der Waals surface area contributed by atoms with Crippen molar-refractivity contribution in [1.82, 2.24) is 25.1 Å². The van der Waals surface area contributed by atoms with Crippen LogP contribution in [0.1, 0.15) is 42.8 Å². The Kier molecular flexibility index (Phi) is 4.67. The van der Waals surface area contributed by atoms with Gasteiger partial charge in [-0.3, -0.25) is 14.5 Å². The standard InChI is InChI=1S/C21H24N6OS/c1-12-3-4-14(11-23-12)18-16-5-6-17-20(29-21(25-17)24-13(2)28)19(16)27(26-18)15-7-9-22-10-8-15/h3-4,11,15,22H,5-10H2,1-2H3,(H,24,25,28). The third-order valence-corrected chi connectivity index (χ3v) is 6.67. The number of hydrogen-bond donors (Lipinski definition) is 2. The molecule has 0 unspecified atom stereocenters. The van der Waals surface area contributed by atoms with Gasteiger partial charge in [0.25, 0.3) is 0 Å². The number of hydrogen-bond acceptors (Lipinski definition) is 6. The summed E-state index contributed by atoms with van der Waals surface area (Å²) in [6.07, 6.45) is 5.82. The molecule has 5 rings (SSSR count). The van der Waals surface area contributed by atoms with Gasteiger partial charge in [-0.15, -0.1) is 0 Å². The summed E-state index contributed by atoms with van der Waals surface area (Å²) in [5, 5.41) is 12.1. The number of aryl methyl sites for hydroxylation is 2. The second-order valence-electron chi connectivity index (χ2n) is 7.77. The molecule has 8 heteroatoms. The van der Waals surface area contributed by atoms with E-state index in [9.17, 15) is 4.79 Å². The number of aromatic nitrogens is 4. The van der Waals surface area contributed by atoms with Crippen LogP contribution in [0, 0.1) is 6.92 Å². The first kappa shape index (κ1) is 18.4. The lowest BCUT2D eigenvalue weighted by atomic mass is 9.95. The number of carbonyl (C=O) groups is 1. The molecule has 1 aliphatic carbocycles. The molecule has 0 radical (unpaired) electrons. The first-order valence-corrected chi connectivity index (χ1v) is 10.9. The highest BCUT2D eigenvalue weighted by molar-refractivity contribution is 7.19. The summed E-state index contributed by atoms with van der Waals surface area (Å²) >= 11 is 1.56.